The van der Waals surface area contributed by atoms with Crippen LogP contribution in [0.3, 0.4) is 0 Å². The first kappa shape index (κ1) is 13.5. The fourth-order valence-corrected chi connectivity index (χ4v) is 2.84. The highest BCUT2D eigenvalue weighted by Gasteiger charge is 2.39. The standard InChI is InChI=1S/C15H23NO2/c16-12-18-14-8-4-5-10-15(14,17)11-9-13-6-2-1-3-7-13/h1-3,6-7,14,17H,4-5,8-12,16H2. The van der Waals surface area contributed by atoms with Crippen molar-refractivity contribution in [2.24, 2.45) is 5.73 Å². The molecule has 1 fully saturated rings. The molecule has 0 saturated heterocycles. The first-order valence-corrected chi connectivity index (χ1v) is 6.82. The second-order valence-corrected chi connectivity index (χ2v) is 5.16. The number of hydrogen-bond donors (Lipinski definition) is 2. The van der Waals surface area contributed by atoms with Crippen molar-refractivity contribution in [2.45, 2.75) is 50.2 Å². The van der Waals surface area contributed by atoms with Crippen molar-refractivity contribution in [1.29, 1.82) is 0 Å². The monoisotopic (exact) mass is 249 g/mol. The molecule has 100 valence electrons. The van der Waals surface area contributed by atoms with Crippen LogP contribution in [0.1, 0.15) is 37.7 Å². The summed E-state index contributed by atoms with van der Waals surface area (Å²) in [6, 6.07) is 10.3. The van der Waals surface area contributed by atoms with Crippen molar-refractivity contribution in [3.05, 3.63) is 35.9 Å². The van der Waals surface area contributed by atoms with Gasteiger partial charge in [0.1, 0.15) is 0 Å². The van der Waals surface area contributed by atoms with Gasteiger partial charge in [-0.05, 0) is 31.2 Å². The Balaban J connectivity index is 1.96. The van der Waals surface area contributed by atoms with Crippen LogP contribution < -0.4 is 5.73 Å². The summed E-state index contributed by atoms with van der Waals surface area (Å²) in [4.78, 5) is 0. The first-order valence-electron chi connectivity index (χ1n) is 6.82. The zero-order chi connectivity index (χ0) is 12.8. The third-order valence-corrected chi connectivity index (χ3v) is 3.91. The van der Waals surface area contributed by atoms with E-state index < -0.39 is 5.60 Å². The van der Waals surface area contributed by atoms with Gasteiger partial charge in [-0.1, -0.05) is 43.2 Å². The van der Waals surface area contributed by atoms with Crippen molar-refractivity contribution in [3.63, 3.8) is 0 Å². The Hall–Kier alpha value is -0.900. The maximum atomic E-state index is 10.7. The van der Waals surface area contributed by atoms with Gasteiger partial charge >= 0.3 is 0 Å². The summed E-state index contributed by atoms with van der Waals surface area (Å²) in [6.45, 7) is 0.193. The summed E-state index contributed by atoms with van der Waals surface area (Å²) in [5.41, 5.74) is 6.02. The van der Waals surface area contributed by atoms with Gasteiger partial charge in [0, 0.05) is 0 Å². The molecule has 1 aromatic carbocycles. The molecule has 18 heavy (non-hydrogen) atoms. The van der Waals surface area contributed by atoms with Crippen molar-refractivity contribution in [3.8, 4) is 0 Å². The Morgan fingerprint density at radius 3 is 2.78 bits per heavy atom. The molecule has 1 aromatic rings. The van der Waals surface area contributed by atoms with Crippen LogP contribution in [0, 0.1) is 0 Å². The Morgan fingerprint density at radius 1 is 1.28 bits per heavy atom. The van der Waals surface area contributed by atoms with Crippen LogP contribution in [-0.4, -0.2) is 23.5 Å². The minimum Gasteiger partial charge on any atom is -0.387 e. The number of hydrogen-bond acceptors (Lipinski definition) is 3. The average Bonchev–Trinajstić information content (AvgIpc) is 2.41. The molecule has 0 spiro atoms. The van der Waals surface area contributed by atoms with E-state index in [-0.39, 0.29) is 12.8 Å². The molecule has 3 N–H and O–H groups in total. The summed E-state index contributed by atoms with van der Waals surface area (Å²) < 4.78 is 5.51. The number of benzene rings is 1. The fourth-order valence-electron chi connectivity index (χ4n) is 2.84. The minimum absolute atomic E-state index is 0.0973. The Bertz CT molecular complexity index is 353. The van der Waals surface area contributed by atoms with Crippen molar-refractivity contribution >= 4 is 0 Å². The van der Waals surface area contributed by atoms with Gasteiger partial charge in [0.05, 0.1) is 18.4 Å². The van der Waals surface area contributed by atoms with Crippen molar-refractivity contribution in [2.75, 3.05) is 6.73 Å². The fraction of sp³-hybridized carbons (Fsp3) is 0.600. The molecule has 3 heteroatoms. The van der Waals surface area contributed by atoms with Gasteiger partial charge in [-0.3, -0.25) is 0 Å². The zero-order valence-corrected chi connectivity index (χ0v) is 10.8. The molecule has 0 aliphatic heterocycles. The summed E-state index contributed by atoms with van der Waals surface area (Å²) in [7, 11) is 0. The Morgan fingerprint density at radius 2 is 2.06 bits per heavy atom. The van der Waals surface area contributed by atoms with Crippen molar-refractivity contribution in [1.82, 2.24) is 0 Å². The molecule has 2 atom stereocenters. The largest absolute Gasteiger partial charge is 0.387 e. The average molecular weight is 249 g/mol. The van der Waals surface area contributed by atoms with Crippen LogP contribution >= 0.6 is 0 Å². The molecule has 1 saturated carbocycles. The number of rotatable bonds is 5. The maximum absolute atomic E-state index is 10.7. The molecular weight excluding hydrogens is 226 g/mol. The molecule has 0 heterocycles. The second-order valence-electron chi connectivity index (χ2n) is 5.16. The number of aryl methyl sites for hydroxylation is 1. The third-order valence-electron chi connectivity index (χ3n) is 3.91. The van der Waals surface area contributed by atoms with Crippen LogP contribution in [0.15, 0.2) is 30.3 Å². The third kappa shape index (κ3) is 3.31. The lowest BCUT2D eigenvalue weighted by molar-refractivity contribution is -0.133. The van der Waals surface area contributed by atoms with Crippen LogP contribution in [0.2, 0.25) is 0 Å². The summed E-state index contributed by atoms with van der Waals surface area (Å²) in [5, 5.41) is 10.7. The van der Waals surface area contributed by atoms with E-state index >= 15 is 0 Å². The second kappa shape index (κ2) is 6.32. The quantitative estimate of drug-likeness (QED) is 0.787. The lowest BCUT2D eigenvalue weighted by Crippen LogP contribution is -2.47. The van der Waals surface area contributed by atoms with Crippen LogP contribution in [0.25, 0.3) is 0 Å². The van der Waals surface area contributed by atoms with Crippen LogP contribution in [0.5, 0.6) is 0 Å². The smallest absolute Gasteiger partial charge is 0.0945 e. The SMILES string of the molecule is NCOC1CCCCC1(O)CCc1ccccc1. The lowest BCUT2D eigenvalue weighted by Gasteiger charge is -2.39. The van der Waals surface area contributed by atoms with Crippen molar-refractivity contribution < 1.29 is 9.84 Å². The van der Waals surface area contributed by atoms with E-state index in [2.05, 4.69) is 12.1 Å². The normalized spacial score (nSPS) is 28.2. The Kier molecular flexibility index (Phi) is 4.75. The summed E-state index contributed by atoms with van der Waals surface area (Å²) in [6.07, 6.45) is 5.49. The van der Waals surface area contributed by atoms with Crippen LogP contribution in [0.4, 0.5) is 0 Å². The molecule has 2 unspecified atom stereocenters. The summed E-state index contributed by atoms with van der Waals surface area (Å²) >= 11 is 0. The van der Waals surface area contributed by atoms with Gasteiger partial charge in [-0.15, -0.1) is 0 Å². The molecule has 0 radical (unpaired) electrons. The predicted molar refractivity (Wildman–Crippen MR) is 72.1 cm³/mol. The van der Waals surface area contributed by atoms with Gasteiger partial charge in [0.25, 0.3) is 0 Å². The molecule has 1 aliphatic carbocycles. The van der Waals surface area contributed by atoms with E-state index in [1.165, 1.54) is 5.56 Å². The van der Waals surface area contributed by atoms with Gasteiger partial charge in [-0.2, -0.15) is 0 Å². The molecule has 1 aliphatic rings. The van der Waals surface area contributed by atoms with Gasteiger partial charge in [0.15, 0.2) is 0 Å². The summed E-state index contributed by atoms with van der Waals surface area (Å²) in [5.74, 6) is 0. The van der Waals surface area contributed by atoms with E-state index in [1.54, 1.807) is 0 Å². The minimum atomic E-state index is -0.701. The van der Waals surface area contributed by atoms with Gasteiger partial charge < -0.3 is 15.6 Å². The van der Waals surface area contributed by atoms with E-state index in [9.17, 15) is 5.11 Å². The van der Waals surface area contributed by atoms with E-state index in [0.29, 0.717) is 0 Å². The molecular formula is C15H23NO2. The highest BCUT2D eigenvalue weighted by molar-refractivity contribution is 5.15. The number of nitrogens with two attached hydrogens (primary N) is 1. The van der Waals surface area contributed by atoms with Crippen LogP contribution in [-0.2, 0) is 11.2 Å². The number of aliphatic hydroxyl groups is 1. The molecule has 0 bridgehead atoms. The number of ether oxygens (including phenoxy) is 1. The maximum Gasteiger partial charge on any atom is 0.0945 e. The first-order chi connectivity index (χ1) is 8.74. The topological polar surface area (TPSA) is 55.5 Å². The van der Waals surface area contributed by atoms with Gasteiger partial charge in [-0.25, -0.2) is 0 Å². The molecule has 2 rings (SSSR count). The highest BCUT2D eigenvalue weighted by atomic mass is 16.5. The van der Waals surface area contributed by atoms with E-state index in [1.807, 2.05) is 18.2 Å². The van der Waals surface area contributed by atoms with Gasteiger partial charge in [0.2, 0.25) is 0 Å². The molecule has 0 aromatic heterocycles. The van der Waals surface area contributed by atoms with E-state index in [0.717, 1.165) is 38.5 Å². The molecule has 0 amide bonds. The zero-order valence-electron chi connectivity index (χ0n) is 10.8. The lowest BCUT2D eigenvalue weighted by atomic mass is 9.78. The predicted octanol–water partition coefficient (Wildman–Crippen LogP) is 2.23. The van der Waals surface area contributed by atoms with E-state index in [4.69, 9.17) is 10.5 Å². The Labute approximate surface area is 109 Å². The molecule has 3 nitrogen and oxygen atoms in total. The highest BCUT2D eigenvalue weighted by Crippen LogP contribution is 2.34.